The molecule has 1 amide bonds. The summed E-state index contributed by atoms with van der Waals surface area (Å²) < 4.78 is 48.6. The second-order valence-corrected chi connectivity index (χ2v) is 11.7. The number of hydrogen-bond acceptors (Lipinski definition) is 6. The zero-order chi connectivity index (χ0) is 27.2. The molecule has 0 unspecified atom stereocenters. The quantitative estimate of drug-likeness (QED) is 0.410. The summed E-state index contributed by atoms with van der Waals surface area (Å²) in [5.41, 5.74) is 0.838. The SMILES string of the molecule is Cn1cc(CC/C=C/C(=O)NC2CCC(F)(CCN3CCc4nc(OCC(C)(F)F)sc4CC3)CC2)cn1. The van der Waals surface area contributed by atoms with Crippen LogP contribution in [-0.4, -0.2) is 69.4 Å². The van der Waals surface area contributed by atoms with Crippen molar-refractivity contribution in [1.82, 2.24) is 25.0 Å². The molecule has 0 bridgehead atoms. The van der Waals surface area contributed by atoms with Crippen molar-refractivity contribution in [2.45, 2.75) is 82.3 Å². The highest BCUT2D eigenvalue weighted by Gasteiger charge is 2.36. The molecule has 210 valence electrons. The van der Waals surface area contributed by atoms with Crippen LogP contribution in [0.3, 0.4) is 0 Å². The fourth-order valence-corrected chi connectivity index (χ4v) is 5.98. The Bertz CT molecular complexity index is 1060. The summed E-state index contributed by atoms with van der Waals surface area (Å²) in [6, 6.07) is 0.0127. The monoisotopic (exact) mass is 553 g/mol. The molecule has 1 saturated carbocycles. The van der Waals surface area contributed by atoms with E-state index in [1.165, 1.54) is 11.3 Å². The first-order valence-electron chi connectivity index (χ1n) is 13.4. The van der Waals surface area contributed by atoms with E-state index < -0.39 is 18.2 Å². The van der Waals surface area contributed by atoms with Gasteiger partial charge in [0.25, 0.3) is 11.1 Å². The van der Waals surface area contributed by atoms with Gasteiger partial charge < -0.3 is 15.0 Å². The first kappa shape index (κ1) is 28.6. The number of aromatic nitrogens is 3. The van der Waals surface area contributed by atoms with Crippen molar-refractivity contribution in [1.29, 1.82) is 0 Å². The van der Waals surface area contributed by atoms with Gasteiger partial charge in [0.2, 0.25) is 5.91 Å². The van der Waals surface area contributed by atoms with Gasteiger partial charge in [-0.1, -0.05) is 17.4 Å². The molecule has 0 aromatic carbocycles. The maximum atomic E-state index is 15.5. The molecule has 11 heteroatoms. The number of ether oxygens (including phenoxy) is 1. The Labute approximate surface area is 226 Å². The van der Waals surface area contributed by atoms with Crippen LogP contribution in [0.1, 0.15) is 61.6 Å². The molecule has 1 N–H and O–H groups in total. The number of aryl methyl sites for hydroxylation is 2. The van der Waals surface area contributed by atoms with Crippen LogP contribution in [0, 0.1) is 0 Å². The summed E-state index contributed by atoms with van der Waals surface area (Å²) in [4.78, 5) is 20.0. The standard InChI is InChI=1S/C27H38F3N5O2S/c1-26(28,29)19-37-25-33-22-9-14-35(15-10-23(22)38-25)16-13-27(30)11-7-21(8-12-27)32-24(36)6-4-3-5-20-17-31-34(2)18-20/h4,6,17-18,21H,3,5,7-16,19H2,1-2H3,(H,32,36)/b6-4+. The third-order valence-corrected chi connectivity index (χ3v) is 8.33. The Kier molecular flexibility index (Phi) is 9.51. The van der Waals surface area contributed by atoms with Gasteiger partial charge in [0.05, 0.1) is 11.9 Å². The number of carbonyl (C=O) groups excluding carboxylic acids is 1. The minimum atomic E-state index is -2.88. The second-order valence-electron chi connectivity index (χ2n) is 10.7. The Morgan fingerprint density at radius 1 is 1.32 bits per heavy atom. The second kappa shape index (κ2) is 12.6. The van der Waals surface area contributed by atoms with Gasteiger partial charge in [0, 0.05) is 57.1 Å². The van der Waals surface area contributed by atoms with Crippen LogP contribution >= 0.6 is 11.3 Å². The molecule has 2 aliphatic rings. The Morgan fingerprint density at radius 3 is 2.79 bits per heavy atom. The molecule has 4 rings (SSSR count). The molecular formula is C27H38F3N5O2S. The first-order valence-corrected chi connectivity index (χ1v) is 14.2. The fourth-order valence-electron chi connectivity index (χ4n) is 5.04. The van der Waals surface area contributed by atoms with Crippen LogP contribution in [-0.2, 0) is 31.1 Å². The van der Waals surface area contributed by atoms with E-state index in [2.05, 4.69) is 20.3 Å². The average Bonchev–Trinajstić information content (AvgIpc) is 3.41. The molecule has 0 spiro atoms. The van der Waals surface area contributed by atoms with Crippen LogP contribution in [0.5, 0.6) is 5.19 Å². The number of thiazole rings is 1. The number of nitrogens with one attached hydrogen (secondary N) is 1. The van der Waals surface area contributed by atoms with Gasteiger partial charge in [-0.2, -0.15) is 5.10 Å². The highest BCUT2D eigenvalue weighted by molar-refractivity contribution is 7.13. The number of nitrogens with zero attached hydrogens (tertiary/aromatic N) is 4. The highest BCUT2D eigenvalue weighted by atomic mass is 32.1. The van der Waals surface area contributed by atoms with Crippen molar-refractivity contribution in [2.24, 2.45) is 7.05 Å². The molecule has 1 fully saturated rings. The molecule has 1 aliphatic carbocycles. The average molecular weight is 554 g/mol. The van der Waals surface area contributed by atoms with E-state index in [4.69, 9.17) is 4.74 Å². The van der Waals surface area contributed by atoms with Crippen molar-refractivity contribution < 1.29 is 22.7 Å². The van der Waals surface area contributed by atoms with E-state index >= 15 is 4.39 Å². The summed E-state index contributed by atoms with van der Waals surface area (Å²) in [5, 5.41) is 7.47. The third kappa shape index (κ3) is 8.83. The van der Waals surface area contributed by atoms with Gasteiger partial charge in [-0.05, 0) is 63.0 Å². The zero-order valence-corrected chi connectivity index (χ0v) is 23.0. The van der Waals surface area contributed by atoms with E-state index in [9.17, 15) is 13.6 Å². The minimum absolute atomic E-state index is 0.0127. The van der Waals surface area contributed by atoms with E-state index in [-0.39, 0.29) is 11.9 Å². The molecule has 0 atom stereocenters. The van der Waals surface area contributed by atoms with Gasteiger partial charge in [-0.15, -0.1) is 0 Å². The first-order chi connectivity index (χ1) is 18.1. The normalized spacial score (nSPS) is 22.8. The number of carbonyl (C=O) groups is 1. The molecule has 2 aromatic rings. The van der Waals surface area contributed by atoms with E-state index in [1.54, 1.807) is 10.8 Å². The number of alkyl halides is 3. The van der Waals surface area contributed by atoms with Gasteiger partial charge in [-0.3, -0.25) is 9.48 Å². The lowest BCUT2D eigenvalue weighted by molar-refractivity contribution is -0.117. The molecule has 0 radical (unpaired) electrons. The Hall–Kier alpha value is -2.40. The predicted octanol–water partition coefficient (Wildman–Crippen LogP) is 4.66. The molecular weight excluding hydrogens is 515 g/mol. The van der Waals surface area contributed by atoms with Crippen LogP contribution in [0.25, 0.3) is 0 Å². The lowest BCUT2D eigenvalue weighted by Gasteiger charge is -2.35. The van der Waals surface area contributed by atoms with Crippen molar-refractivity contribution in [2.75, 3.05) is 26.2 Å². The molecule has 3 heterocycles. The largest absolute Gasteiger partial charge is 0.464 e. The van der Waals surface area contributed by atoms with Gasteiger partial charge in [-0.25, -0.2) is 18.2 Å². The lowest BCUT2D eigenvalue weighted by Crippen LogP contribution is -2.42. The third-order valence-electron chi connectivity index (χ3n) is 7.26. The molecule has 1 aliphatic heterocycles. The number of allylic oxidation sites excluding steroid dienone is 1. The molecule has 2 aromatic heterocycles. The van der Waals surface area contributed by atoms with Crippen molar-refractivity contribution in [3.63, 3.8) is 0 Å². The number of hydrogen-bond donors (Lipinski definition) is 1. The van der Waals surface area contributed by atoms with Gasteiger partial charge in [0.15, 0.2) is 6.61 Å². The van der Waals surface area contributed by atoms with Crippen molar-refractivity contribution in [3.05, 3.63) is 40.7 Å². The van der Waals surface area contributed by atoms with Crippen LogP contribution < -0.4 is 10.1 Å². The molecule has 0 saturated heterocycles. The van der Waals surface area contributed by atoms with Crippen molar-refractivity contribution in [3.8, 4) is 5.19 Å². The smallest absolute Gasteiger partial charge is 0.278 e. The lowest BCUT2D eigenvalue weighted by atomic mass is 9.81. The number of fused-ring (bicyclic) bond motifs is 1. The number of halogens is 3. The maximum absolute atomic E-state index is 15.5. The summed E-state index contributed by atoms with van der Waals surface area (Å²) in [6.45, 7) is 2.39. The van der Waals surface area contributed by atoms with Crippen molar-refractivity contribution >= 4 is 17.2 Å². The predicted molar refractivity (Wildman–Crippen MR) is 142 cm³/mol. The fraction of sp³-hybridized carbons (Fsp3) is 0.667. The van der Waals surface area contributed by atoms with Crippen LogP contribution in [0.2, 0.25) is 0 Å². The zero-order valence-electron chi connectivity index (χ0n) is 22.2. The number of amides is 1. The summed E-state index contributed by atoms with van der Waals surface area (Å²) in [5.74, 6) is -3.00. The highest BCUT2D eigenvalue weighted by Crippen LogP contribution is 2.35. The summed E-state index contributed by atoms with van der Waals surface area (Å²) in [6.07, 6.45) is 13.0. The topological polar surface area (TPSA) is 72.3 Å². The van der Waals surface area contributed by atoms with Crippen LogP contribution in [0.4, 0.5) is 13.2 Å². The number of rotatable bonds is 11. The maximum Gasteiger partial charge on any atom is 0.278 e. The van der Waals surface area contributed by atoms with Crippen LogP contribution in [0.15, 0.2) is 24.5 Å². The van der Waals surface area contributed by atoms with Gasteiger partial charge >= 0.3 is 0 Å². The van der Waals surface area contributed by atoms with E-state index in [0.29, 0.717) is 50.3 Å². The van der Waals surface area contributed by atoms with Gasteiger partial charge in [0.1, 0.15) is 5.67 Å². The van der Waals surface area contributed by atoms with E-state index in [1.807, 2.05) is 25.5 Å². The minimum Gasteiger partial charge on any atom is -0.464 e. The Balaban J connectivity index is 1.13. The Morgan fingerprint density at radius 2 is 2.08 bits per heavy atom. The molecule has 7 nitrogen and oxygen atoms in total. The molecule has 38 heavy (non-hydrogen) atoms. The summed E-state index contributed by atoms with van der Waals surface area (Å²) in [7, 11) is 1.88. The summed E-state index contributed by atoms with van der Waals surface area (Å²) >= 11 is 1.34. The van der Waals surface area contributed by atoms with E-state index in [0.717, 1.165) is 55.4 Å².